The van der Waals surface area contributed by atoms with E-state index in [9.17, 15) is 0 Å². The lowest BCUT2D eigenvalue weighted by Gasteiger charge is -2.41. The molecule has 3 nitrogen and oxygen atoms in total. The number of likely N-dealkylation sites (tertiary alicyclic amines) is 1. The Morgan fingerprint density at radius 2 is 2.05 bits per heavy atom. The number of hydrogen-bond donors (Lipinski definition) is 1. The molecule has 0 bridgehead atoms. The molecule has 1 aliphatic heterocycles. The van der Waals surface area contributed by atoms with Crippen LogP contribution in [-0.4, -0.2) is 29.6 Å². The number of nitriles is 1. The van der Waals surface area contributed by atoms with Gasteiger partial charge >= 0.3 is 0 Å². The number of rotatable bonds is 3. The van der Waals surface area contributed by atoms with E-state index in [2.05, 4.69) is 43.1 Å². The van der Waals surface area contributed by atoms with Crippen LogP contribution in [0.25, 0.3) is 0 Å². The van der Waals surface area contributed by atoms with E-state index in [1.54, 1.807) is 11.3 Å². The number of thiophene rings is 1. The third kappa shape index (κ3) is 4.04. The molecule has 0 radical (unpaired) electrons. The summed E-state index contributed by atoms with van der Waals surface area (Å²) in [6.45, 7) is 10.1. The molecule has 4 heteroatoms. The van der Waals surface area contributed by atoms with Gasteiger partial charge in [0.05, 0.1) is 0 Å². The Hall–Kier alpha value is -0.890. The van der Waals surface area contributed by atoms with Gasteiger partial charge in [-0.25, -0.2) is 0 Å². The Bertz CT molecular complexity index is 445. The molecule has 1 aromatic rings. The first-order chi connectivity index (χ1) is 8.99. The van der Waals surface area contributed by atoms with Gasteiger partial charge in [-0.3, -0.25) is 4.90 Å². The third-order valence-corrected chi connectivity index (χ3v) is 4.77. The molecule has 0 atom stereocenters. The van der Waals surface area contributed by atoms with Gasteiger partial charge in [-0.15, -0.1) is 11.3 Å². The van der Waals surface area contributed by atoms with E-state index in [4.69, 9.17) is 5.26 Å². The zero-order valence-electron chi connectivity index (χ0n) is 12.1. The highest BCUT2D eigenvalue weighted by atomic mass is 32.1. The predicted molar refractivity (Wildman–Crippen MR) is 80.2 cm³/mol. The van der Waals surface area contributed by atoms with Gasteiger partial charge in [-0.2, -0.15) is 5.26 Å². The molecule has 19 heavy (non-hydrogen) atoms. The Morgan fingerprint density at radius 3 is 2.58 bits per heavy atom. The smallest absolute Gasteiger partial charge is 0.110 e. The zero-order valence-corrected chi connectivity index (χ0v) is 12.9. The molecule has 1 N–H and O–H groups in total. The van der Waals surface area contributed by atoms with Gasteiger partial charge in [0.1, 0.15) is 10.9 Å². The van der Waals surface area contributed by atoms with Crippen LogP contribution in [0.3, 0.4) is 0 Å². The summed E-state index contributed by atoms with van der Waals surface area (Å²) in [5.41, 5.74) is 0.292. The van der Waals surface area contributed by atoms with E-state index in [1.165, 1.54) is 30.8 Å². The van der Waals surface area contributed by atoms with Crippen LogP contribution in [0.4, 0.5) is 0 Å². The first-order valence-corrected chi connectivity index (χ1v) is 7.78. The van der Waals surface area contributed by atoms with E-state index in [0.29, 0.717) is 11.6 Å². The van der Waals surface area contributed by atoms with Crippen LogP contribution in [0, 0.1) is 11.3 Å². The van der Waals surface area contributed by atoms with Crippen molar-refractivity contribution in [2.75, 3.05) is 13.1 Å². The molecule has 2 heterocycles. The Morgan fingerprint density at radius 1 is 1.37 bits per heavy atom. The molecule has 0 spiro atoms. The van der Waals surface area contributed by atoms with Gasteiger partial charge in [0, 0.05) is 36.1 Å². The lowest BCUT2D eigenvalue weighted by molar-refractivity contribution is 0.0961. The van der Waals surface area contributed by atoms with E-state index in [-0.39, 0.29) is 0 Å². The number of nitrogens with zero attached hydrogens (tertiary/aromatic N) is 2. The maximum atomic E-state index is 8.81. The number of piperidine rings is 1. The second kappa shape index (κ2) is 6.04. The highest BCUT2D eigenvalue weighted by molar-refractivity contribution is 7.12. The zero-order chi connectivity index (χ0) is 13.9. The summed E-state index contributed by atoms with van der Waals surface area (Å²) in [6.07, 6.45) is 2.43. The lowest BCUT2D eigenvalue weighted by atomic mass is 9.98. The molecule has 1 saturated heterocycles. The van der Waals surface area contributed by atoms with Crippen LogP contribution in [0.5, 0.6) is 0 Å². The summed E-state index contributed by atoms with van der Waals surface area (Å²) in [4.78, 5) is 4.62. The fourth-order valence-corrected chi connectivity index (χ4v) is 3.29. The van der Waals surface area contributed by atoms with Crippen molar-refractivity contribution >= 4 is 11.3 Å². The van der Waals surface area contributed by atoms with Crippen LogP contribution in [0.1, 0.15) is 43.4 Å². The van der Waals surface area contributed by atoms with Crippen molar-refractivity contribution in [3.63, 3.8) is 0 Å². The molecular weight excluding hydrogens is 254 g/mol. The van der Waals surface area contributed by atoms with Crippen molar-refractivity contribution in [1.29, 1.82) is 5.26 Å². The highest BCUT2D eigenvalue weighted by Gasteiger charge is 2.26. The Labute approximate surface area is 120 Å². The summed E-state index contributed by atoms with van der Waals surface area (Å²) in [5.74, 6) is 0. The van der Waals surface area contributed by atoms with Gasteiger partial charge in [-0.1, -0.05) is 0 Å². The predicted octanol–water partition coefficient (Wildman–Crippen LogP) is 2.97. The maximum Gasteiger partial charge on any atom is 0.110 e. The van der Waals surface area contributed by atoms with E-state index in [0.717, 1.165) is 11.4 Å². The maximum absolute atomic E-state index is 8.81. The lowest BCUT2D eigenvalue weighted by Crippen LogP contribution is -2.49. The molecular formula is C15H23N3S. The molecule has 1 aromatic heterocycles. The second-order valence-electron chi connectivity index (χ2n) is 6.19. The Kier molecular flexibility index (Phi) is 4.62. The number of nitrogens with one attached hydrogen (secondary N) is 1. The molecule has 0 amide bonds. The minimum Gasteiger partial charge on any atom is -0.309 e. The minimum atomic E-state index is 0.292. The van der Waals surface area contributed by atoms with E-state index < -0.39 is 0 Å². The Balaban J connectivity index is 1.76. The summed E-state index contributed by atoms with van der Waals surface area (Å²) >= 11 is 1.59. The van der Waals surface area contributed by atoms with Gasteiger partial charge in [0.25, 0.3) is 0 Å². The summed E-state index contributed by atoms with van der Waals surface area (Å²) in [5, 5.41) is 12.4. The van der Waals surface area contributed by atoms with Crippen LogP contribution in [0.2, 0.25) is 0 Å². The average molecular weight is 277 g/mol. The van der Waals surface area contributed by atoms with E-state index in [1.807, 2.05) is 6.07 Å². The largest absolute Gasteiger partial charge is 0.309 e. The normalized spacial score (nSPS) is 18.4. The summed E-state index contributed by atoms with van der Waals surface area (Å²) in [6, 6.07) is 6.77. The monoisotopic (exact) mass is 277 g/mol. The molecule has 0 unspecified atom stereocenters. The first kappa shape index (κ1) is 14.5. The average Bonchev–Trinajstić information content (AvgIpc) is 2.84. The van der Waals surface area contributed by atoms with Gasteiger partial charge in [0.2, 0.25) is 0 Å². The van der Waals surface area contributed by atoms with Gasteiger partial charge in [0.15, 0.2) is 0 Å². The molecule has 1 aliphatic rings. The molecule has 1 fully saturated rings. The third-order valence-electron chi connectivity index (χ3n) is 3.78. The fraction of sp³-hybridized carbons (Fsp3) is 0.667. The molecule has 0 aromatic carbocycles. The second-order valence-corrected chi connectivity index (χ2v) is 7.36. The van der Waals surface area contributed by atoms with Crippen LogP contribution in [-0.2, 0) is 6.54 Å². The fourth-order valence-electron chi connectivity index (χ4n) is 2.53. The van der Waals surface area contributed by atoms with Crippen molar-refractivity contribution in [3.05, 3.63) is 21.9 Å². The molecule has 2 rings (SSSR count). The minimum absolute atomic E-state index is 0.292. The van der Waals surface area contributed by atoms with Gasteiger partial charge in [-0.05, 0) is 45.7 Å². The van der Waals surface area contributed by atoms with Crippen molar-refractivity contribution in [3.8, 4) is 6.07 Å². The molecule has 104 valence electrons. The van der Waals surface area contributed by atoms with Crippen molar-refractivity contribution in [1.82, 2.24) is 10.2 Å². The van der Waals surface area contributed by atoms with Crippen molar-refractivity contribution in [2.24, 2.45) is 0 Å². The van der Waals surface area contributed by atoms with Crippen molar-refractivity contribution < 1.29 is 0 Å². The standard InChI is InChI=1S/C15H23N3S/c1-15(2,3)18-8-6-12(7-9-18)17-11-14-5-4-13(10-16)19-14/h4-5,12,17H,6-9,11H2,1-3H3. The number of hydrogen-bond acceptors (Lipinski definition) is 4. The summed E-state index contributed by atoms with van der Waals surface area (Å²) in [7, 11) is 0. The van der Waals surface area contributed by atoms with Crippen molar-refractivity contribution in [2.45, 2.75) is 51.7 Å². The van der Waals surface area contributed by atoms with Crippen LogP contribution >= 0.6 is 11.3 Å². The van der Waals surface area contributed by atoms with Crippen LogP contribution < -0.4 is 5.32 Å². The van der Waals surface area contributed by atoms with Crippen LogP contribution in [0.15, 0.2) is 12.1 Å². The molecule has 0 saturated carbocycles. The molecule has 0 aliphatic carbocycles. The SMILES string of the molecule is CC(C)(C)N1CCC(NCc2ccc(C#N)s2)CC1. The topological polar surface area (TPSA) is 39.1 Å². The first-order valence-electron chi connectivity index (χ1n) is 6.96. The van der Waals surface area contributed by atoms with Gasteiger partial charge < -0.3 is 5.32 Å². The summed E-state index contributed by atoms with van der Waals surface area (Å²) < 4.78 is 0. The quantitative estimate of drug-likeness (QED) is 0.923. The van der Waals surface area contributed by atoms with E-state index >= 15 is 0 Å². The highest BCUT2D eigenvalue weighted by Crippen LogP contribution is 2.21.